The van der Waals surface area contributed by atoms with Gasteiger partial charge >= 0.3 is 0 Å². The van der Waals surface area contributed by atoms with Crippen molar-refractivity contribution in [3.05, 3.63) is 0 Å². The summed E-state index contributed by atoms with van der Waals surface area (Å²) in [6.07, 6.45) is 6.01. The molecule has 3 aliphatic rings. The van der Waals surface area contributed by atoms with Crippen LogP contribution in [0.5, 0.6) is 0 Å². The highest BCUT2D eigenvalue weighted by atomic mass is 16.3. The summed E-state index contributed by atoms with van der Waals surface area (Å²) in [4.78, 5) is 2.39. The summed E-state index contributed by atoms with van der Waals surface area (Å²) in [5.74, 6) is 0. The summed E-state index contributed by atoms with van der Waals surface area (Å²) in [6, 6.07) is 2.71. The van der Waals surface area contributed by atoms with Gasteiger partial charge in [-0.25, -0.2) is 0 Å². The average molecular weight is 206 g/mol. The van der Waals surface area contributed by atoms with Gasteiger partial charge in [0.1, 0.15) is 0 Å². The summed E-state index contributed by atoms with van der Waals surface area (Å²) < 4.78 is 0. The van der Waals surface area contributed by atoms with Crippen LogP contribution in [0.25, 0.3) is 0 Å². The van der Waals surface area contributed by atoms with E-state index < -0.39 is 11.0 Å². The Hall–Kier alpha value is -0.590. The minimum Gasteiger partial charge on any atom is -0.387 e. The fourth-order valence-corrected chi connectivity index (χ4v) is 3.85. The third kappa shape index (κ3) is 1.02. The summed E-state index contributed by atoms with van der Waals surface area (Å²) in [5.41, 5.74) is -1.10. The van der Waals surface area contributed by atoms with Crippen molar-refractivity contribution in [2.24, 2.45) is 5.41 Å². The highest BCUT2D eigenvalue weighted by Gasteiger charge is 2.62. The Morgan fingerprint density at radius 3 is 2.60 bits per heavy atom. The highest BCUT2D eigenvalue weighted by Crippen LogP contribution is 2.56. The molecule has 0 aromatic heterocycles. The molecule has 2 unspecified atom stereocenters. The molecule has 3 nitrogen and oxygen atoms in total. The lowest BCUT2D eigenvalue weighted by atomic mass is 9.57. The molecule has 3 fully saturated rings. The van der Waals surface area contributed by atoms with Crippen molar-refractivity contribution in [2.75, 3.05) is 13.1 Å². The van der Waals surface area contributed by atoms with Crippen molar-refractivity contribution in [3.8, 4) is 6.07 Å². The maximum atomic E-state index is 10.9. The van der Waals surface area contributed by atoms with Crippen molar-refractivity contribution >= 4 is 0 Å². The van der Waals surface area contributed by atoms with E-state index in [-0.39, 0.29) is 6.04 Å². The standard InChI is InChI=1S/C12H18N2O/c13-9-11(4-2-5-11)12(15)6-8-14-7-1-3-10(12)14/h10,15H,1-8H2. The third-order valence-electron chi connectivity index (χ3n) is 4.94. The number of hydrogen-bond acceptors (Lipinski definition) is 3. The fraction of sp³-hybridized carbons (Fsp3) is 0.917. The Labute approximate surface area is 90.7 Å². The molecule has 0 amide bonds. The predicted molar refractivity (Wildman–Crippen MR) is 56.1 cm³/mol. The summed E-state index contributed by atoms with van der Waals surface area (Å²) in [5, 5.41) is 20.2. The molecule has 0 aromatic carbocycles. The van der Waals surface area contributed by atoms with Crippen molar-refractivity contribution in [3.63, 3.8) is 0 Å². The second-order valence-electron chi connectivity index (χ2n) is 5.42. The lowest BCUT2D eigenvalue weighted by molar-refractivity contribution is -0.108. The number of aliphatic hydroxyl groups is 1. The van der Waals surface area contributed by atoms with Crippen molar-refractivity contribution in [2.45, 2.75) is 50.2 Å². The fourth-order valence-electron chi connectivity index (χ4n) is 3.85. The van der Waals surface area contributed by atoms with E-state index in [1.165, 1.54) is 6.42 Å². The second kappa shape index (κ2) is 2.96. The van der Waals surface area contributed by atoms with Gasteiger partial charge in [0.25, 0.3) is 0 Å². The zero-order chi connectivity index (χ0) is 10.5. The molecule has 1 saturated carbocycles. The van der Waals surface area contributed by atoms with Gasteiger partial charge in [0.05, 0.1) is 17.1 Å². The molecule has 15 heavy (non-hydrogen) atoms. The van der Waals surface area contributed by atoms with E-state index in [9.17, 15) is 10.4 Å². The first-order chi connectivity index (χ1) is 7.22. The molecule has 82 valence electrons. The lowest BCUT2D eigenvalue weighted by Gasteiger charge is -2.49. The van der Waals surface area contributed by atoms with Crippen LogP contribution in [0, 0.1) is 16.7 Å². The summed E-state index contributed by atoms with van der Waals surface area (Å²) >= 11 is 0. The molecule has 2 aliphatic heterocycles. The van der Waals surface area contributed by atoms with Gasteiger partial charge in [-0.1, -0.05) is 6.42 Å². The Balaban J connectivity index is 1.93. The van der Waals surface area contributed by atoms with Gasteiger partial charge in [0, 0.05) is 12.6 Å². The van der Waals surface area contributed by atoms with Gasteiger partial charge in [0.2, 0.25) is 0 Å². The molecule has 1 N–H and O–H groups in total. The summed E-state index contributed by atoms with van der Waals surface area (Å²) in [7, 11) is 0. The van der Waals surface area contributed by atoms with E-state index in [2.05, 4.69) is 11.0 Å². The first-order valence-corrected chi connectivity index (χ1v) is 6.10. The van der Waals surface area contributed by atoms with Crippen LogP contribution in [0.15, 0.2) is 0 Å². The molecular formula is C12H18N2O. The number of rotatable bonds is 1. The maximum Gasteiger partial charge on any atom is 0.0999 e. The highest BCUT2D eigenvalue weighted by molar-refractivity contribution is 5.22. The van der Waals surface area contributed by atoms with Crippen LogP contribution in [-0.2, 0) is 0 Å². The van der Waals surface area contributed by atoms with Crippen LogP contribution >= 0.6 is 0 Å². The molecular weight excluding hydrogens is 188 g/mol. The Bertz CT molecular complexity index is 318. The number of fused-ring (bicyclic) bond motifs is 1. The Kier molecular flexibility index (Phi) is 1.90. The van der Waals surface area contributed by atoms with Gasteiger partial charge in [0.15, 0.2) is 0 Å². The topological polar surface area (TPSA) is 47.3 Å². The second-order valence-corrected chi connectivity index (χ2v) is 5.42. The lowest BCUT2D eigenvalue weighted by Crippen LogP contribution is -2.57. The Morgan fingerprint density at radius 1 is 1.20 bits per heavy atom. The molecule has 2 atom stereocenters. The minimum absolute atomic E-state index is 0.275. The molecule has 2 heterocycles. The molecule has 0 radical (unpaired) electrons. The third-order valence-corrected chi connectivity index (χ3v) is 4.94. The van der Waals surface area contributed by atoms with Crippen LogP contribution in [0.3, 0.4) is 0 Å². The average Bonchev–Trinajstić information content (AvgIpc) is 2.70. The first kappa shape index (κ1) is 9.62. The van der Waals surface area contributed by atoms with Crippen molar-refractivity contribution in [1.82, 2.24) is 4.90 Å². The predicted octanol–water partition coefficient (Wildman–Crippen LogP) is 1.28. The van der Waals surface area contributed by atoms with Crippen LogP contribution in [0.4, 0.5) is 0 Å². The Morgan fingerprint density at radius 2 is 2.00 bits per heavy atom. The van der Waals surface area contributed by atoms with E-state index in [0.717, 1.165) is 45.2 Å². The molecule has 3 rings (SSSR count). The van der Waals surface area contributed by atoms with Crippen LogP contribution in [0.1, 0.15) is 38.5 Å². The van der Waals surface area contributed by atoms with Gasteiger partial charge < -0.3 is 5.11 Å². The molecule has 0 bridgehead atoms. The van der Waals surface area contributed by atoms with E-state index >= 15 is 0 Å². The van der Waals surface area contributed by atoms with E-state index in [0.29, 0.717) is 0 Å². The molecule has 3 heteroatoms. The normalized spacial score (nSPS) is 43.3. The van der Waals surface area contributed by atoms with Gasteiger partial charge in [-0.05, 0) is 38.6 Å². The van der Waals surface area contributed by atoms with Crippen LogP contribution in [0.2, 0.25) is 0 Å². The molecule has 0 aromatic rings. The van der Waals surface area contributed by atoms with Crippen molar-refractivity contribution in [1.29, 1.82) is 5.26 Å². The SMILES string of the molecule is N#CC1(C2(O)CCN3CCCC32)CCC1. The van der Waals surface area contributed by atoms with E-state index in [4.69, 9.17) is 0 Å². The van der Waals surface area contributed by atoms with Crippen LogP contribution in [-0.4, -0.2) is 34.7 Å². The number of nitriles is 1. The van der Waals surface area contributed by atoms with E-state index in [1.807, 2.05) is 0 Å². The van der Waals surface area contributed by atoms with Crippen LogP contribution < -0.4 is 0 Å². The van der Waals surface area contributed by atoms with Gasteiger partial charge in [-0.2, -0.15) is 5.26 Å². The van der Waals surface area contributed by atoms with Gasteiger partial charge in [-0.3, -0.25) is 4.90 Å². The minimum atomic E-state index is -0.698. The van der Waals surface area contributed by atoms with Crippen molar-refractivity contribution < 1.29 is 5.11 Å². The monoisotopic (exact) mass is 206 g/mol. The molecule has 0 spiro atoms. The zero-order valence-corrected chi connectivity index (χ0v) is 9.08. The quantitative estimate of drug-likeness (QED) is 0.703. The largest absolute Gasteiger partial charge is 0.387 e. The first-order valence-electron chi connectivity index (χ1n) is 6.10. The van der Waals surface area contributed by atoms with Gasteiger partial charge in [-0.15, -0.1) is 0 Å². The van der Waals surface area contributed by atoms with E-state index in [1.54, 1.807) is 0 Å². The molecule has 2 saturated heterocycles. The smallest absolute Gasteiger partial charge is 0.0999 e. The maximum absolute atomic E-state index is 10.9. The number of hydrogen-bond donors (Lipinski definition) is 1. The number of nitrogens with zero attached hydrogens (tertiary/aromatic N) is 2. The zero-order valence-electron chi connectivity index (χ0n) is 9.08. The molecule has 1 aliphatic carbocycles. The summed E-state index contributed by atoms with van der Waals surface area (Å²) in [6.45, 7) is 2.11.